The first-order valence-electron chi connectivity index (χ1n) is 9.68. The lowest BCUT2D eigenvalue weighted by Gasteiger charge is -2.30. The van der Waals surface area contributed by atoms with Crippen LogP contribution in [0.2, 0.25) is 0 Å². The van der Waals surface area contributed by atoms with Gasteiger partial charge in [-0.2, -0.15) is 0 Å². The van der Waals surface area contributed by atoms with Crippen LogP contribution in [-0.2, 0) is 16.0 Å². The summed E-state index contributed by atoms with van der Waals surface area (Å²) in [5, 5.41) is 0. The van der Waals surface area contributed by atoms with Crippen LogP contribution in [-0.4, -0.2) is 52.1 Å². The van der Waals surface area contributed by atoms with Crippen molar-refractivity contribution < 1.29 is 9.53 Å². The molecule has 1 amide bonds. The van der Waals surface area contributed by atoms with Crippen LogP contribution in [0.1, 0.15) is 51.4 Å². The first-order valence-corrected chi connectivity index (χ1v) is 9.68. The average Bonchev–Trinajstić information content (AvgIpc) is 3.00. The second-order valence-corrected chi connectivity index (χ2v) is 7.47. The molecule has 0 aliphatic carbocycles. The number of hydrogen-bond donors (Lipinski definition) is 0. The molecule has 3 rings (SSSR count). The van der Waals surface area contributed by atoms with Gasteiger partial charge in [-0.25, -0.2) is 9.97 Å². The number of aryl methyl sites for hydroxylation is 1. The van der Waals surface area contributed by atoms with Gasteiger partial charge in [0.1, 0.15) is 11.3 Å². The SMILES string of the molecule is COC[C@H](C)n1c(CCCC(=O)N2CCC(C)CC2)nc2cccnc21. The summed E-state index contributed by atoms with van der Waals surface area (Å²) < 4.78 is 7.48. The van der Waals surface area contributed by atoms with E-state index in [0.29, 0.717) is 13.0 Å². The van der Waals surface area contributed by atoms with Crippen LogP contribution in [0.15, 0.2) is 18.3 Å². The van der Waals surface area contributed by atoms with Crippen molar-refractivity contribution in [1.29, 1.82) is 0 Å². The number of piperidine rings is 1. The fraction of sp³-hybridized carbons (Fsp3) is 0.650. The smallest absolute Gasteiger partial charge is 0.222 e. The molecule has 2 aromatic rings. The zero-order chi connectivity index (χ0) is 18.5. The Labute approximate surface area is 155 Å². The maximum Gasteiger partial charge on any atom is 0.222 e. The first kappa shape index (κ1) is 18.8. The molecule has 26 heavy (non-hydrogen) atoms. The highest BCUT2D eigenvalue weighted by atomic mass is 16.5. The second-order valence-electron chi connectivity index (χ2n) is 7.47. The van der Waals surface area contributed by atoms with Crippen molar-refractivity contribution >= 4 is 17.1 Å². The molecule has 6 nitrogen and oxygen atoms in total. The maximum absolute atomic E-state index is 12.5. The second kappa shape index (κ2) is 8.62. The zero-order valence-corrected chi connectivity index (χ0v) is 16.1. The van der Waals surface area contributed by atoms with Gasteiger partial charge in [0.15, 0.2) is 5.65 Å². The van der Waals surface area contributed by atoms with E-state index in [9.17, 15) is 4.79 Å². The quantitative estimate of drug-likeness (QED) is 0.762. The lowest BCUT2D eigenvalue weighted by atomic mass is 9.99. The largest absolute Gasteiger partial charge is 0.383 e. The summed E-state index contributed by atoms with van der Waals surface area (Å²) in [4.78, 5) is 23.7. The van der Waals surface area contributed by atoms with Gasteiger partial charge in [0.05, 0.1) is 12.6 Å². The van der Waals surface area contributed by atoms with E-state index in [4.69, 9.17) is 9.72 Å². The van der Waals surface area contributed by atoms with Crippen LogP contribution in [0.3, 0.4) is 0 Å². The summed E-state index contributed by atoms with van der Waals surface area (Å²) >= 11 is 0. The van der Waals surface area contributed by atoms with Crippen LogP contribution < -0.4 is 0 Å². The highest BCUT2D eigenvalue weighted by Crippen LogP contribution is 2.22. The van der Waals surface area contributed by atoms with Gasteiger partial charge in [-0.1, -0.05) is 6.92 Å². The summed E-state index contributed by atoms with van der Waals surface area (Å²) in [7, 11) is 1.71. The molecule has 1 saturated heterocycles. The van der Waals surface area contributed by atoms with Crippen LogP contribution in [0.4, 0.5) is 0 Å². The molecule has 0 unspecified atom stereocenters. The average molecular weight is 358 g/mol. The Morgan fingerprint density at radius 1 is 1.38 bits per heavy atom. The number of pyridine rings is 1. The van der Waals surface area contributed by atoms with Crippen molar-refractivity contribution in [2.75, 3.05) is 26.8 Å². The first-order chi connectivity index (χ1) is 12.6. The number of likely N-dealkylation sites (tertiary alicyclic amines) is 1. The lowest BCUT2D eigenvalue weighted by molar-refractivity contribution is -0.132. The van der Waals surface area contributed by atoms with E-state index in [1.807, 2.05) is 17.0 Å². The third kappa shape index (κ3) is 4.23. The third-order valence-electron chi connectivity index (χ3n) is 5.30. The van der Waals surface area contributed by atoms with Crippen molar-refractivity contribution in [1.82, 2.24) is 19.4 Å². The van der Waals surface area contributed by atoms with Gasteiger partial charge in [-0.15, -0.1) is 0 Å². The van der Waals surface area contributed by atoms with E-state index in [2.05, 4.69) is 23.4 Å². The molecule has 0 saturated carbocycles. The van der Waals surface area contributed by atoms with Crippen molar-refractivity contribution in [2.45, 2.75) is 52.0 Å². The Morgan fingerprint density at radius 2 is 2.15 bits per heavy atom. The van der Waals surface area contributed by atoms with Gasteiger partial charge in [-0.05, 0) is 44.2 Å². The fourth-order valence-electron chi connectivity index (χ4n) is 3.75. The van der Waals surface area contributed by atoms with Gasteiger partial charge in [0.2, 0.25) is 5.91 Å². The monoisotopic (exact) mass is 358 g/mol. The van der Waals surface area contributed by atoms with E-state index in [-0.39, 0.29) is 11.9 Å². The van der Waals surface area contributed by atoms with Crippen molar-refractivity contribution in [3.05, 3.63) is 24.2 Å². The number of fused-ring (bicyclic) bond motifs is 1. The minimum Gasteiger partial charge on any atom is -0.383 e. The van der Waals surface area contributed by atoms with Gasteiger partial charge in [-0.3, -0.25) is 4.79 Å². The summed E-state index contributed by atoms with van der Waals surface area (Å²) in [6.07, 6.45) is 6.23. The molecular weight excluding hydrogens is 328 g/mol. The summed E-state index contributed by atoms with van der Waals surface area (Å²) in [5.74, 6) is 2.01. The predicted octanol–water partition coefficient (Wildman–Crippen LogP) is 3.22. The lowest BCUT2D eigenvalue weighted by Crippen LogP contribution is -2.37. The topological polar surface area (TPSA) is 60.2 Å². The van der Waals surface area contributed by atoms with E-state index in [1.165, 1.54) is 0 Å². The number of carbonyl (C=O) groups excluding carboxylic acids is 1. The number of aromatic nitrogens is 3. The van der Waals surface area contributed by atoms with E-state index in [1.54, 1.807) is 13.3 Å². The standard InChI is InChI=1S/C20H30N4O2/c1-15-9-12-23(13-10-15)19(25)8-4-7-18-22-17-6-5-11-21-20(17)24(18)16(2)14-26-3/h5-6,11,15-16H,4,7-10,12-14H2,1-3H3/t16-/m0/s1. The fourth-order valence-corrected chi connectivity index (χ4v) is 3.75. The summed E-state index contributed by atoms with van der Waals surface area (Å²) in [6, 6.07) is 4.06. The number of hydrogen-bond acceptors (Lipinski definition) is 4. The highest BCUT2D eigenvalue weighted by Gasteiger charge is 2.21. The highest BCUT2D eigenvalue weighted by molar-refractivity contribution is 5.76. The van der Waals surface area contributed by atoms with Gasteiger partial charge < -0.3 is 14.2 Å². The van der Waals surface area contributed by atoms with Crippen LogP contribution >= 0.6 is 0 Å². The molecule has 3 heterocycles. The Hall–Kier alpha value is -1.95. The third-order valence-corrected chi connectivity index (χ3v) is 5.30. The van der Waals surface area contributed by atoms with Crippen molar-refractivity contribution in [3.63, 3.8) is 0 Å². The molecule has 1 aliphatic rings. The minimum absolute atomic E-state index is 0.161. The Kier molecular flexibility index (Phi) is 6.25. The van der Waals surface area contributed by atoms with Crippen molar-refractivity contribution in [2.24, 2.45) is 5.92 Å². The number of methoxy groups -OCH3 is 1. The molecule has 0 aromatic carbocycles. The molecule has 2 aromatic heterocycles. The molecule has 0 N–H and O–H groups in total. The van der Waals surface area contributed by atoms with Crippen molar-refractivity contribution in [3.8, 4) is 0 Å². The number of carbonyl (C=O) groups is 1. The van der Waals surface area contributed by atoms with Gasteiger partial charge in [0, 0.05) is 39.2 Å². The Balaban J connectivity index is 1.65. The minimum atomic E-state index is 0.161. The molecule has 0 spiro atoms. The van der Waals surface area contributed by atoms with Crippen LogP contribution in [0.25, 0.3) is 11.2 Å². The molecule has 142 valence electrons. The molecule has 6 heteroatoms. The van der Waals surface area contributed by atoms with E-state index in [0.717, 1.165) is 61.7 Å². The molecule has 1 atom stereocenters. The molecule has 1 aliphatic heterocycles. The molecule has 1 fully saturated rings. The molecule has 0 radical (unpaired) electrons. The maximum atomic E-state index is 12.5. The van der Waals surface area contributed by atoms with E-state index < -0.39 is 0 Å². The molecular formula is C20H30N4O2. The summed E-state index contributed by atoms with van der Waals surface area (Å²) in [5.41, 5.74) is 1.80. The van der Waals surface area contributed by atoms with E-state index >= 15 is 0 Å². The Morgan fingerprint density at radius 3 is 2.88 bits per heavy atom. The normalized spacial score (nSPS) is 17.0. The number of ether oxygens (including phenoxy) is 1. The molecule has 0 bridgehead atoms. The Bertz CT molecular complexity index is 734. The summed E-state index contributed by atoms with van der Waals surface area (Å²) in [6.45, 7) is 6.81. The van der Waals surface area contributed by atoms with Crippen LogP contribution in [0, 0.1) is 5.92 Å². The van der Waals surface area contributed by atoms with Gasteiger partial charge >= 0.3 is 0 Å². The number of imidazole rings is 1. The predicted molar refractivity (Wildman–Crippen MR) is 102 cm³/mol. The zero-order valence-electron chi connectivity index (χ0n) is 16.1. The number of rotatable bonds is 7. The van der Waals surface area contributed by atoms with Gasteiger partial charge in [0.25, 0.3) is 0 Å². The number of amides is 1. The van der Waals surface area contributed by atoms with Crippen LogP contribution in [0.5, 0.6) is 0 Å². The number of nitrogens with zero attached hydrogens (tertiary/aromatic N) is 4.